The second kappa shape index (κ2) is 14.1. The maximum absolute atomic E-state index is 12.8. The molecule has 38 heavy (non-hydrogen) atoms. The number of hydrogen-bond donors (Lipinski definition) is 2. The lowest BCUT2D eigenvalue weighted by molar-refractivity contribution is -0.126. The van der Waals surface area contributed by atoms with Gasteiger partial charge in [-0.25, -0.2) is 0 Å². The first-order valence-corrected chi connectivity index (χ1v) is 13.5. The van der Waals surface area contributed by atoms with Gasteiger partial charge in [-0.1, -0.05) is 5.16 Å². The maximum Gasteiger partial charge on any atom is 0.324 e. The van der Waals surface area contributed by atoms with Crippen molar-refractivity contribution in [2.24, 2.45) is 11.8 Å². The number of nitrogens with one attached hydrogen (secondary N) is 1. The monoisotopic (exact) mass is 529 g/mol. The summed E-state index contributed by atoms with van der Waals surface area (Å²) in [7, 11) is 1.64. The Balaban J connectivity index is 0.00000107. The lowest BCUT2D eigenvalue weighted by Crippen LogP contribution is -2.42. The molecule has 3 saturated heterocycles. The van der Waals surface area contributed by atoms with Crippen LogP contribution in [0.25, 0.3) is 11.4 Å². The number of nitrogens with zero attached hydrogens (tertiary/aromatic N) is 4. The van der Waals surface area contributed by atoms with Crippen LogP contribution in [0.5, 0.6) is 5.75 Å². The Kier molecular flexibility index (Phi) is 10.3. The number of carboxylic acid groups (broad SMARTS) is 1. The number of aromatic nitrogens is 2. The van der Waals surface area contributed by atoms with Crippen LogP contribution in [0.4, 0.5) is 6.01 Å². The van der Waals surface area contributed by atoms with Gasteiger partial charge in [-0.15, -0.1) is 0 Å². The van der Waals surface area contributed by atoms with E-state index < -0.39 is 0 Å². The SMILES string of the molecule is COc1ccc(-c2noc(N3CCC(C(=O)NCC4CCN(CC5CCCCO5)C4)CC3)n2)cc1.O=CO. The second-order valence-electron chi connectivity index (χ2n) is 10.1. The maximum atomic E-state index is 12.8. The van der Waals surface area contributed by atoms with E-state index in [1.807, 2.05) is 24.3 Å². The molecule has 1 aromatic heterocycles. The molecule has 2 unspecified atom stereocenters. The number of anilines is 1. The fourth-order valence-corrected chi connectivity index (χ4v) is 5.41. The molecule has 2 atom stereocenters. The summed E-state index contributed by atoms with van der Waals surface area (Å²) in [5, 5.41) is 14.2. The van der Waals surface area contributed by atoms with Crippen LogP contribution in [-0.4, -0.2) is 91.6 Å². The summed E-state index contributed by atoms with van der Waals surface area (Å²) in [4.78, 5) is 30.3. The standard InChI is InChI=1S/C26H37N5O4.CH2O2/c1-33-22-7-5-20(6-8-22)24-28-26(35-29-24)31-13-10-21(11-14-31)25(32)27-16-19-9-12-30(17-19)18-23-4-2-3-15-34-23;2-1-3/h5-8,19,21,23H,2-4,9-18H2,1H3,(H,27,32);1H,(H,2,3). The van der Waals surface area contributed by atoms with Gasteiger partial charge >= 0.3 is 6.01 Å². The summed E-state index contributed by atoms with van der Waals surface area (Å²) in [5.74, 6) is 2.12. The molecule has 2 aromatic rings. The van der Waals surface area contributed by atoms with Crippen LogP contribution in [0, 0.1) is 11.8 Å². The first-order chi connectivity index (χ1) is 18.6. The lowest BCUT2D eigenvalue weighted by Gasteiger charge is -2.30. The summed E-state index contributed by atoms with van der Waals surface area (Å²) >= 11 is 0. The van der Waals surface area contributed by atoms with Crippen molar-refractivity contribution in [3.8, 4) is 17.1 Å². The molecule has 0 radical (unpaired) electrons. The molecule has 2 N–H and O–H groups in total. The van der Waals surface area contributed by atoms with Crippen molar-refractivity contribution < 1.29 is 28.7 Å². The smallest absolute Gasteiger partial charge is 0.324 e. The number of benzene rings is 1. The molecule has 3 fully saturated rings. The van der Waals surface area contributed by atoms with Gasteiger partial charge in [-0.05, 0) is 75.3 Å². The molecule has 0 spiro atoms. The minimum Gasteiger partial charge on any atom is -0.497 e. The average Bonchev–Trinajstić information content (AvgIpc) is 3.63. The number of likely N-dealkylation sites (tertiary alicyclic amines) is 1. The highest BCUT2D eigenvalue weighted by molar-refractivity contribution is 5.79. The van der Waals surface area contributed by atoms with Crippen LogP contribution >= 0.6 is 0 Å². The number of carbonyl (C=O) groups is 2. The third-order valence-corrected chi connectivity index (χ3v) is 7.57. The molecule has 0 bridgehead atoms. The van der Waals surface area contributed by atoms with E-state index in [1.165, 1.54) is 19.3 Å². The van der Waals surface area contributed by atoms with Crippen molar-refractivity contribution in [2.45, 2.75) is 44.6 Å². The molecule has 1 aromatic carbocycles. The largest absolute Gasteiger partial charge is 0.497 e. The Morgan fingerprint density at radius 1 is 1.16 bits per heavy atom. The molecule has 1 amide bonds. The number of hydrogen-bond acceptors (Lipinski definition) is 9. The third-order valence-electron chi connectivity index (χ3n) is 7.57. The van der Waals surface area contributed by atoms with E-state index in [1.54, 1.807) is 7.11 Å². The second-order valence-corrected chi connectivity index (χ2v) is 10.1. The van der Waals surface area contributed by atoms with Gasteiger partial charge in [0.2, 0.25) is 11.7 Å². The van der Waals surface area contributed by atoms with Crippen molar-refractivity contribution in [3.05, 3.63) is 24.3 Å². The van der Waals surface area contributed by atoms with Crippen LogP contribution in [0.3, 0.4) is 0 Å². The van der Waals surface area contributed by atoms with Gasteiger partial charge in [0.1, 0.15) is 5.75 Å². The van der Waals surface area contributed by atoms with Crippen LogP contribution in [0.1, 0.15) is 38.5 Å². The van der Waals surface area contributed by atoms with Gasteiger partial charge < -0.3 is 34.2 Å². The van der Waals surface area contributed by atoms with Crippen LogP contribution in [0.15, 0.2) is 28.8 Å². The summed E-state index contributed by atoms with van der Waals surface area (Å²) < 4.78 is 16.6. The van der Waals surface area contributed by atoms with Gasteiger partial charge in [-0.2, -0.15) is 4.98 Å². The third kappa shape index (κ3) is 7.67. The van der Waals surface area contributed by atoms with Gasteiger partial charge in [0, 0.05) is 50.8 Å². The van der Waals surface area contributed by atoms with Crippen LogP contribution in [-0.2, 0) is 14.3 Å². The molecule has 208 valence electrons. The quantitative estimate of drug-likeness (QED) is 0.492. The van der Waals surface area contributed by atoms with Gasteiger partial charge in [-0.3, -0.25) is 9.59 Å². The summed E-state index contributed by atoms with van der Waals surface area (Å²) in [6.45, 7) is 6.12. The summed E-state index contributed by atoms with van der Waals surface area (Å²) in [5.41, 5.74) is 0.881. The van der Waals surface area contributed by atoms with Crippen molar-refractivity contribution in [1.82, 2.24) is 20.4 Å². The normalized spacial score (nSPS) is 22.4. The number of carbonyl (C=O) groups excluding carboxylic acids is 1. The zero-order chi connectivity index (χ0) is 26.7. The molecule has 0 saturated carbocycles. The predicted molar refractivity (Wildman–Crippen MR) is 141 cm³/mol. The Labute approximate surface area is 223 Å². The van der Waals surface area contributed by atoms with E-state index in [2.05, 4.69) is 25.3 Å². The molecule has 11 heteroatoms. The fraction of sp³-hybridized carbons (Fsp3) is 0.630. The van der Waals surface area contributed by atoms with Crippen LogP contribution in [0.2, 0.25) is 0 Å². The molecular formula is C27H39N5O6. The molecular weight excluding hydrogens is 490 g/mol. The molecule has 5 rings (SSSR count). The highest BCUT2D eigenvalue weighted by Gasteiger charge is 2.30. The average molecular weight is 530 g/mol. The first-order valence-electron chi connectivity index (χ1n) is 13.5. The lowest BCUT2D eigenvalue weighted by atomic mass is 9.96. The number of ether oxygens (including phenoxy) is 2. The minimum absolute atomic E-state index is 0.0448. The molecule has 11 nitrogen and oxygen atoms in total. The van der Waals surface area contributed by atoms with Crippen molar-refractivity contribution in [3.63, 3.8) is 0 Å². The van der Waals surface area contributed by atoms with E-state index in [4.69, 9.17) is 23.9 Å². The van der Waals surface area contributed by atoms with Crippen molar-refractivity contribution in [1.29, 1.82) is 0 Å². The number of methoxy groups -OCH3 is 1. The van der Waals surface area contributed by atoms with Gasteiger partial charge in [0.25, 0.3) is 6.47 Å². The molecule has 3 aliphatic heterocycles. The van der Waals surface area contributed by atoms with Crippen LogP contribution < -0.4 is 15.0 Å². The number of piperidine rings is 1. The Bertz CT molecular complexity index is 1000. The van der Waals surface area contributed by atoms with E-state index in [-0.39, 0.29) is 18.3 Å². The molecule has 3 aliphatic rings. The highest BCUT2D eigenvalue weighted by atomic mass is 16.5. The zero-order valence-corrected chi connectivity index (χ0v) is 22.1. The highest BCUT2D eigenvalue weighted by Crippen LogP contribution is 2.26. The number of amides is 1. The minimum atomic E-state index is -0.250. The van der Waals surface area contributed by atoms with E-state index in [0.29, 0.717) is 23.9 Å². The number of rotatable bonds is 8. The predicted octanol–water partition coefficient (Wildman–Crippen LogP) is 2.67. The molecule has 4 heterocycles. The zero-order valence-electron chi connectivity index (χ0n) is 22.1. The van der Waals surface area contributed by atoms with Crippen molar-refractivity contribution >= 4 is 18.4 Å². The summed E-state index contributed by atoms with van der Waals surface area (Å²) in [6.07, 6.45) is 6.80. The van der Waals surface area contributed by atoms with Gasteiger partial charge in [0.05, 0.1) is 13.2 Å². The molecule has 0 aliphatic carbocycles. The van der Waals surface area contributed by atoms with E-state index >= 15 is 0 Å². The van der Waals surface area contributed by atoms with E-state index in [0.717, 1.165) is 76.5 Å². The Morgan fingerprint density at radius 2 is 1.92 bits per heavy atom. The fourth-order valence-electron chi connectivity index (χ4n) is 5.41. The first kappa shape index (κ1) is 27.8. The van der Waals surface area contributed by atoms with E-state index in [9.17, 15) is 4.79 Å². The summed E-state index contributed by atoms with van der Waals surface area (Å²) in [6, 6.07) is 8.10. The van der Waals surface area contributed by atoms with Gasteiger partial charge in [0.15, 0.2) is 0 Å². The Hall–Kier alpha value is -3.18. The van der Waals surface area contributed by atoms with Crippen molar-refractivity contribution in [2.75, 3.05) is 57.9 Å². The topological polar surface area (TPSA) is 130 Å². The Morgan fingerprint density at radius 3 is 2.61 bits per heavy atom.